The Bertz CT molecular complexity index is 823. The SMILES string of the molecule is C=CCOC(=O)N1C2=CC[C@@H]1C[C@@H](NC(=O)CNC(=O)c1cccc(Cl)c1)C2. The van der Waals surface area contributed by atoms with Gasteiger partial charge < -0.3 is 15.4 Å². The van der Waals surface area contributed by atoms with Crippen LogP contribution in [0.4, 0.5) is 4.79 Å². The molecule has 0 aliphatic carbocycles. The number of amides is 3. The maximum absolute atomic E-state index is 12.2. The van der Waals surface area contributed by atoms with E-state index >= 15 is 0 Å². The number of carbonyl (C=O) groups is 3. The second kappa shape index (κ2) is 8.93. The molecule has 0 unspecified atom stereocenters. The third-order valence-electron chi connectivity index (χ3n) is 4.70. The number of ether oxygens (including phenoxy) is 1. The molecule has 0 spiro atoms. The Kier molecular flexibility index (Phi) is 6.36. The van der Waals surface area contributed by atoms with Crippen LogP contribution in [0.1, 0.15) is 29.6 Å². The van der Waals surface area contributed by atoms with E-state index in [2.05, 4.69) is 17.2 Å². The summed E-state index contributed by atoms with van der Waals surface area (Å²) in [6.45, 7) is 3.58. The molecule has 1 aromatic carbocycles. The second-order valence-corrected chi connectivity index (χ2v) is 7.15. The molecule has 1 fully saturated rings. The average Bonchev–Trinajstić information content (AvgIpc) is 2.95. The molecule has 1 aromatic rings. The Morgan fingerprint density at radius 2 is 2.18 bits per heavy atom. The van der Waals surface area contributed by atoms with Gasteiger partial charge in [0.15, 0.2) is 0 Å². The lowest BCUT2D eigenvalue weighted by Gasteiger charge is -2.36. The van der Waals surface area contributed by atoms with Gasteiger partial charge in [-0.25, -0.2) is 4.79 Å². The van der Waals surface area contributed by atoms with E-state index in [4.69, 9.17) is 16.3 Å². The van der Waals surface area contributed by atoms with Crippen LogP contribution in [0.15, 0.2) is 48.7 Å². The molecule has 3 amide bonds. The first-order valence-electron chi connectivity index (χ1n) is 9.07. The van der Waals surface area contributed by atoms with Gasteiger partial charge in [-0.1, -0.05) is 36.4 Å². The smallest absolute Gasteiger partial charge is 0.414 e. The summed E-state index contributed by atoms with van der Waals surface area (Å²) in [6.07, 6.45) is 5.08. The number of halogens is 1. The van der Waals surface area contributed by atoms with E-state index in [-0.39, 0.29) is 43.1 Å². The van der Waals surface area contributed by atoms with Gasteiger partial charge in [0.1, 0.15) is 6.61 Å². The van der Waals surface area contributed by atoms with Gasteiger partial charge in [-0.05, 0) is 31.0 Å². The van der Waals surface area contributed by atoms with Crippen LogP contribution >= 0.6 is 11.6 Å². The second-order valence-electron chi connectivity index (χ2n) is 6.72. The Labute approximate surface area is 168 Å². The lowest BCUT2D eigenvalue weighted by atomic mass is 9.98. The fraction of sp³-hybridized carbons (Fsp3) is 0.350. The number of benzene rings is 1. The van der Waals surface area contributed by atoms with Crippen molar-refractivity contribution < 1.29 is 19.1 Å². The quantitative estimate of drug-likeness (QED) is 0.715. The van der Waals surface area contributed by atoms with Crippen molar-refractivity contribution in [2.75, 3.05) is 13.2 Å². The highest BCUT2D eigenvalue weighted by atomic mass is 35.5. The minimum Gasteiger partial charge on any atom is -0.445 e. The predicted octanol–water partition coefficient (Wildman–Crippen LogP) is 2.63. The maximum atomic E-state index is 12.2. The first-order valence-corrected chi connectivity index (χ1v) is 9.44. The number of fused-ring (bicyclic) bond motifs is 2. The van der Waals surface area contributed by atoms with Crippen molar-refractivity contribution in [1.82, 2.24) is 15.5 Å². The number of piperidine rings is 1. The normalized spacial score (nSPS) is 20.2. The number of nitrogens with one attached hydrogen (secondary N) is 2. The zero-order valence-corrected chi connectivity index (χ0v) is 16.1. The minimum atomic E-state index is -0.382. The van der Waals surface area contributed by atoms with Crippen LogP contribution in [0.2, 0.25) is 5.02 Å². The summed E-state index contributed by atoms with van der Waals surface area (Å²) in [4.78, 5) is 38.1. The highest BCUT2D eigenvalue weighted by molar-refractivity contribution is 6.30. The van der Waals surface area contributed by atoms with Crippen molar-refractivity contribution in [3.8, 4) is 0 Å². The standard InChI is InChI=1S/C20H22ClN3O4/c1-2-8-28-20(27)24-16-6-7-17(24)11-15(10-16)23-18(25)12-22-19(26)13-4-3-5-14(21)9-13/h2-6,9,15,17H,1,7-8,10-12H2,(H,22,26)(H,23,25)/t15-,17+/m0/s1. The summed E-state index contributed by atoms with van der Waals surface area (Å²) >= 11 is 5.87. The molecule has 2 aliphatic rings. The van der Waals surface area contributed by atoms with E-state index in [0.29, 0.717) is 23.4 Å². The number of hydrogen-bond donors (Lipinski definition) is 2. The number of rotatable bonds is 6. The molecule has 148 valence electrons. The van der Waals surface area contributed by atoms with E-state index < -0.39 is 0 Å². The highest BCUT2D eigenvalue weighted by Gasteiger charge is 2.39. The van der Waals surface area contributed by atoms with Gasteiger partial charge in [0, 0.05) is 34.8 Å². The molecular weight excluding hydrogens is 382 g/mol. The van der Waals surface area contributed by atoms with Gasteiger partial charge in [-0.2, -0.15) is 0 Å². The van der Waals surface area contributed by atoms with Crippen LogP contribution in [0.5, 0.6) is 0 Å². The highest BCUT2D eigenvalue weighted by Crippen LogP contribution is 2.35. The molecular formula is C20H22ClN3O4. The summed E-state index contributed by atoms with van der Waals surface area (Å²) in [7, 11) is 0. The van der Waals surface area contributed by atoms with Gasteiger partial charge in [0.05, 0.1) is 6.54 Å². The zero-order valence-electron chi connectivity index (χ0n) is 15.3. The van der Waals surface area contributed by atoms with Crippen molar-refractivity contribution in [2.45, 2.75) is 31.3 Å². The van der Waals surface area contributed by atoms with E-state index in [1.54, 1.807) is 29.2 Å². The van der Waals surface area contributed by atoms with Crippen molar-refractivity contribution >= 4 is 29.5 Å². The van der Waals surface area contributed by atoms with Gasteiger partial charge in [-0.15, -0.1) is 0 Å². The van der Waals surface area contributed by atoms with E-state index in [1.807, 2.05) is 6.08 Å². The molecule has 2 bridgehead atoms. The van der Waals surface area contributed by atoms with Crippen molar-refractivity contribution in [1.29, 1.82) is 0 Å². The molecule has 2 N–H and O–H groups in total. The number of carbonyl (C=O) groups excluding carboxylic acids is 3. The first-order chi connectivity index (χ1) is 13.5. The summed E-state index contributed by atoms with van der Waals surface area (Å²) in [5.41, 5.74) is 1.26. The molecule has 1 saturated heterocycles. The summed E-state index contributed by atoms with van der Waals surface area (Å²) in [6, 6.07) is 6.41. The van der Waals surface area contributed by atoms with Gasteiger partial charge in [0.2, 0.25) is 5.91 Å². The van der Waals surface area contributed by atoms with Crippen LogP contribution in [0.3, 0.4) is 0 Å². The molecule has 0 aromatic heterocycles. The largest absolute Gasteiger partial charge is 0.445 e. The van der Waals surface area contributed by atoms with Crippen molar-refractivity contribution in [2.24, 2.45) is 0 Å². The van der Waals surface area contributed by atoms with Crippen LogP contribution in [0, 0.1) is 0 Å². The molecule has 7 nitrogen and oxygen atoms in total. The molecule has 8 heteroatoms. The molecule has 0 radical (unpaired) electrons. The van der Waals surface area contributed by atoms with Gasteiger partial charge in [-0.3, -0.25) is 14.5 Å². The monoisotopic (exact) mass is 403 g/mol. The minimum absolute atomic E-state index is 0.0209. The Morgan fingerprint density at radius 3 is 2.89 bits per heavy atom. The molecule has 28 heavy (non-hydrogen) atoms. The van der Waals surface area contributed by atoms with Crippen LogP contribution in [0.25, 0.3) is 0 Å². The predicted molar refractivity (Wildman–Crippen MR) is 105 cm³/mol. The zero-order chi connectivity index (χ0) is 20.1. The van der Waals surface area contributed by atoms with E-state index in [0.717, 1.165) is 12.1 Å². The van der Waals surface area contributed by atoms with Gasteiger partial charge >= 0.3 is 6.09 Å². The average molecular weight is 404 g/mol. The summed E-state index contributed by atoms with van der Waals surface area (Å²) in [5.74, 6) is -0.636. The fourth-order valence-corrected chi connectivity index (χ4v) is 3.70. The lowest BCUT2D eigenvalue weighted by molar-refractivity contribution is -0.121. The van der Waals surface area contributed by atoms with Crippen molar-refractivity contribution in [3.63, 3.8) is 0 Å². The molecule has 3 rings (SSSR count). The molecule has 2 heterocycles. The Balaban J connectivity index is 1.47. The van der Waals surface area contributed by atoms with E-state index in [1.165, 1.54) is 6.08 Å². The molecule has 2 atom stereocenters. The lowest BCUT2D eigenvalue weighted by Crippen LogP contribution is -2.50. The van der Waals surface area contributed by atoms with Gasteiger partial charge in [0.25, 0.3) is 5.91 Å². The third-order valence-corrected chi connectivity index (χ3v) is 4.93. The molecule has 2 aliphatic heterocycles. The van der Waals surface area contributed by atoms with E-state index in [9.17, 15) is 14.4 Å². The summed E-state index contributed by atoms with van der Waals surface area (Å²) < 4.78 is 5.13. The fourth-order valence-electron chi connectivity index (χ4n) is 3.50. The third kappa shape index (κ3) is 4.72. The topological polar surface area (TPSA) is 87.7 Å². The van der Waals surface area contributed by atoms with Crippen LogP contribution < -0.4 is 10.6 Å². The van der Waals surface area contributed by atoms with Crippen molar-refractivity contribution in [3.05, 3.63) is 59.3 Å². The Morgan fingerprint density at radius 1 is 1.36 bits per heavy atom. The number of hydrogen-bond acceptors (Lipinski definition) is 4. The maximum Gasteiger partial charge on any atom is 0.414 e. The first kappa shape index (κ1) is 19.9. The number of nitrogens with zero attached hydrogens (tertiary/aromatic N) is 1. The van der Waals surface area contributed by atoms with Crippen LogP contribution in [-0.2, 0) is 9.53 Å². The summed E-state index contributed by atoms with van der Waals surface area (Å²) in [5, 5.41) is 5.97. The van der Waals surface area contributed by atoms with Crippen LogP contribution in [-0.4, -0.2) is 48.0 Å². The Hall–Kier alpha value is -2.80. The molecule has 0 saturated carbocycles.